The van der Waals surface area contributed by atoms with Gasteiger partial charge in [-0.3, -0.25) is 4.57 Å². The Morgan fingerprint density at radius 1 is 0.500 bits per heavy atom. The molecule has 3 heterocycles. The minimum absolute atomic E-state index is 0.217. The number of rotatable bonds is 3. The third-order valence-electron chi connectivity index (χ3n) is 7.34. The summed E-state index contributed by atoms with van der Waals surface area (Å²) in [5.74, 6) is 0.697. The quantitative estimate of drug-likeness (QED) is 0.240. The second kappa shape index (κ2) is 8.43. The molecule has 7 heteroatoms. The molecule has 0 unspecified atom stereocenters. The Balaban J connectivity index is 1.42. The molecule has 40 heavy (non-hydrogen) atoms. The van der Waals surface area contributed by atoms with Crippen molar-refractivity contribution in [2.24, 2.45) is 0 Å². The molecule has 190 valence electrons. The van der Waals surface area contributed by atoms with Gasteiger partial charge in [0.05, 0.1) is 48.9 Å². The summed E-state index contributed by atoms with van der Waals surface area (Å²) < 4.78 is 30.2. The highest BCUT2D eigenvalue weighted by atomic mass is 32.2. The van der Waals surface area contributed by atoms with Gasteiger partial charge in [0.1, 0.15) is 5.82 Å². The molecule has 0 saturated carbocycles. The van der Waals surface area contributed by atoms with E-state index >= 15 is 0 Å². The molecule has 1 aliphatic rings. The van der Waals surface area contributed by atoms with Crippen LogP contribution < -0.4 is 0 Å². The fourth-order valence-corrected chi connectivity index (χ4v) is 7.17. The Bertz CT molecular complexity index is 2220. The van der Waals surface area contributed by atoms with Crippen LogP contribution in [0.15, 0.2) is 131 Å². The molecule has 8 rings (SSSR count). The Kier molecular flexibility index (Phi) is 4.81. The van der Waals surface area contributed by atoms with Crippen LogP contribution in [0.2, 0.25) is 0 Å². The van der Waals surface area contributed by atoms with Crippen LogP contribution in [0.4, 0.5) is 0 Å². The second-order valence-electron chi connectivity index (χ2n) is 9.72. The largest absolute Gasteiger partial charge is 0.290 e. The van der Waals surface area contributed by atoms with E-state index in [1.54, 1.807) is 18.2 Å². The van der Waals surface area contributed by atoms with Crippen molar-refractivity contribution in [3.05, 3.63) is 121 Å². The van der Waals surface area contributed by atoms with E-state index in [4.69, 9.17) is 15.0 Å². The van der Waals surface area contributed by atoms with Crippen LogP contribution in [-0.2, 0) is 9.84 Å². The summed E-state index contributed by atoms with van der Waals surface area (Å²) in [6.45, 7) is 0. The summed E-state index contributed by atoms with van der Waals surface area (Å²) in [6, 6.07) is 38.2. The summed E-state index contributed by atoms with van der Waals surface area (Å²) in [6.07, 6.45) is 0. The first-order valence-corrected chi connectivity index (χ1v) is 14.4. The third-order valence-corrected chi connectivity index (χ3v) is 9.16. The first-order chi connectivity index (χ1) is 19.6. The molecule has 0 amide bonds. The monoisotopic (exact) mass is 536 g/mol. The number of fused-ring (bicyclic) bond motifs is 3. The summed E-state index contributed by atoms with van der Waals surface area (Å²) in [4.78, 5) is 15.3. The van der Waals surface area contributed by atoms with E-state index in [0.717, 1.165) is 22.2 Å². The lowest BCUT2D eigenvalue weighted by atomic mass is 10.0. The zero-order valence-electron chi connectivity index (χ0n) is 21.1. The second-order valence-corrected chi connectivity index (χ2v) is 11.6. The average Bonchev–Trinajstić information content (AvgIpc) is 3.40. The molecule has 0 atom stereocenters. The summed E-state index contributed by atoms with van der Waals surface area (Å²) in [7, 11) is -3.84. The SMILES string of the molecule is O=S1(=O)c2cc(-c3nc4ccccc4nc3-c3ccccc3)ccc2-n2c(-c3ccccc3)nc3cccc1c32. The topological polar surface area (TPSA) is 77.7 Å². The van der Waals surface area contributed by atoms with Gasteiger partial charge in [0, 0.05) is 16.7 Å². The molecule has 0 spiro atoms. The maximum absolute atomic E-state index is 14.1. The van der Waals surface area contributed by atoms with Gasteiger partial charge in [-0.2, -0.15) is 0 Å². The van der Waals surface area contributed by atoms with Crippen molar-refractivity contribution in [1.82, 2.24) is 19.5 Å². The van der Waals surface area contributed by atoms with Crippen LogP contribution >= 0.6 is 0 Å². The minimum Gasteiger partial charge on any atom is -0.290 e. The van der Waals surface area contributed by atoms with Crippen molar-refractivity contribution in [2.45, 2.75) is 9.79 Å². The summed E-state index contributed by atoms with van der Waals surface area (Å²) >= 11 is 0. The molecule has 6 nitrogen and oxygen atoms in total. The molecule has 0 saturated heterocycles. The highest BCUT2D eigenvalue weighted by Gasteiger charge is 2.34. The molecule has 0 N–H and O–H groups in total. The Morgan fingerprint density at radius 3 is 1.80 bits per heavy atom. The maximum Gasteiger partial charge on any atom is 0.210 e. The highest BCUT2D eigenvalue weighted by molar-refractivity contribution is 7.92. The van der Waals surface area contributed by atoms with Crippen molar-refractivity contribution in [1.29, 1.82) is 0 Å². The molecule has 0 bridgehead atoms. The maximum atomic E-state index is 14.1. The molecule has 0 radical (unpaired) electrons. The van der Waals surface area contributed by atoms with Gasteiger partial charge in [-0.25, -0.2) is 23.4 Å². The number of nitrogens with zero attached hydrogens (tertiary/aromatic N) is 4. The number of sulfone groups is 1. The number of benzene rings is 5. The van der Waals surface area contributed by atoms with Gasteiger partial charge in [0.15, 0.2) is 0 Å². The zero-order valence-corrected chi connectivity index (χ0v) is 21.9. The van der Waals surface area contributed by atoms with Crippen LogP contribution in [-0.4, -0.2) is 27.9 Å². The highest BCUT2D eigenvalue weighted by Crippen LogP contribution is 2.43. The van der Waals surface area contributed by atoms with E-state index in [1.807, 2.05) is 108 Å². The van der Waals surface area contributed by atoms with Crippen molar-refractivity contribution in [2.75, 3.05) is 0 Å². The molecule has 5 aromatic carbocycles. The lowest BCUT2D eigenvalue weighted by Crippen LogP contribution is -2.15. The number of para-hydroxylation sites is 3. The van der Waals surface area contributed by atoms with Gasteiger partial charge in [0.2, 0.25) is 9.84 Å². The predicted molar refractivity (Wildman–Crippen MR) is 156 cm³/mol. The van der Waals surface area contributed by atoms with Crippen LogP contribution in [0, 0.1) is 0 Å². The van der Waals surface area contributed by atoms with Crippen molar-refractivity contribution in [3.8, 4) is 39.6 Å². The van der Waals surface area contributed by atoms with E-state index in [-0.39, 0.29) is 9.79 Å². The van der Waals surface area contributed by atoms with Crippen LogP contribution in [0.5, 0.6) is 0 Å². The smallest absolute Gasteiger partial charge is 0.210 e. The minimum atomic E-state index is -3.84. The van der Waals surface area contributed by atoms with E-state index in [2.05, 4.69) is 0 Å². The predicted octanol–water partition coefficient (Wildman–Crippen LogP) is 7.12. The Hall–Kier alpha value is -5.14. The fourth-order valence-electron chi connectivity index (χ4n) is 5.51. The van der Waals surface area contributed by atoms with Crippen molar-refractivity contribution >= 4 is 31.9 Å². The fraction of sp³-hybridized carbons (Fsp3) is 0. The number of aromatic nitrogens is 4. The third kappa shape index (κ3) is 3.28. The van der Waals surface area contributed by atoms with E-state index in [0.29, 0.717) is 39.5 Å². The normalized spacial score (nSPS) is 13.4. The average molecular weight is 537 g/mol. The van der Waals surface area contributed by atoms with Crippen LogP contribution in [0.25, 0.3) is 61.7 Å². The van der Waals surface area contributed by atoms with Gasteiger partial charge in [0.25, 0.3) is 0 Å². The zero-order chi connectivity index (χ0) is 26.8. The van der Waals surface area contributed by atoms with Gasteiger partial charge in [-0.05, 0) is 36.4 Å². The summed E-state index contributed by atoms with van der Waals surface area (Å²) in [5, 5.41) is 0. The number of hydrogen-bond acceptors (Lipinski definition) is 5. The van der Waals surface area contributed by atoms with E-state index < -0.39 is 9.84 Å². The Labute approximate surface area is 230 Å². The first-order valence-electron chi connectivity index (χ1n) is 12.9. The first kappa shape index (κ1) is 22.8. The Morgan fingerprint density at radius 2 is 1.10 bits per heavy atom. The standard InChI is InChI=1S/C33H20N4O2S/c38-40(39)28-17-9-16-26-32(28)37(33(36-26)22-12-5-2-6-13-22)27-19-18-23(20-29(27)40)31-30(21-10-3-1-4-11-21)34-24-14-7-8-15-25(24)35-31/h1-20H. The van der Waals surface area contributed by atoms with Crippen molar-refractivity contribution < 1.29 is 8.42 Å². The lowest BCUT2D eigenvalue weighted by molar-refractivity contribution is 0.594. The van der Waals surface area contributed by atoms with Crippen LogP contribution in [0.3, 0.4) is 0 Å². The molecular formula is C33H20N4O2S. The van der Waals surface area contributed by atoms with Gasteiger partial charge < -0.3 is 0 Å². The van der Waals surface area contributed by atoms with Crippen LogP contribution in [0.1, 0.15) is 0 Å². The van der Waals surface area contributed by atoms with Gasteiger partial charge in [-0.1, -0.05) is 84.9 Å². The van der Waals surface area contributed by atoms with Crippen molar-refractivity contribution in [3.63, 3.8) is 0 Å². The molecule has 0 aliphatic carbocycles. The molecule has 7 aromatic rings. The van der Waals surface area contributed by atoms with Gasteiger partial charge >= 0.3 is 0 Å². The van der Waals surface area contributed by atoms with E-state index in [1.165, 1.54) is 0 Å². The number of hydrogen-bond donors (Lipinski definition) is 0. The molecular weight excluding hydrogens is 516 g/mol. The van der Waals surface area contributed by atoms with Gasteiger partial charge in [-0.15, -0.1) is 0 Å². The summed E-state index contributed by atoms with van der Waals surface area (Å²) in [5.41, 5.74) is 7.14. The lowest BCUT2D eigenvalue weighted by Gasteiger charge is -2.22. The molecule has 2 aromatic heterocycles. The van der Waals surface area contributed by atoms with E-state index in [9.17, 15) is 8.42 Å². The molecule has 0 fully saturated rings. The number of imidazole rings is 1. The molecule has 1 aliphatic heterocycles.